The number of amides is 2. The van der Waals surface area contributed by atoms with E-state index in [1.165, 1.54) is 12.4 Å². The quantitative estimate of drug-likeness (QED) is 0.450. The lowest BCUT2D eigenvalue weighted by Crippen LogP contribution is -2.25. The Kier molecular flexibility index (Phi) is 6.73. The molecule has 0 saturated carbocycles. The van der Waals surface area contributed by atoms with Gasteiger partial charge in [0.25, 0.3) is 0 Å². The number of methoxy groups -OCH3 is 1. The molecule has 8 nitrogen and oxygen atoms in total. The van der Waals surface area contributed by atoms with Gasteiger partial charge in [0.15, 0.2) is 11.6 Å². The average molecular weight is 466 g/mol. The zero-order chi connectivity index (χ0) is 22.7. The largest absolute Gasteiger partial charge is 0.382 e. The summed E-state index contributed by atoms with van der Waals surface area (Å²) in [5.41, 5.74) is 1.06. The third-order valence-electron chi connectivity index (χ3n) is 5.14. The van der Waals surface area contributed by atoms with Gasteiger partial charge in [0.05, 0.1) is 47.4 Å². The number of anilines is 3. The van der Waals surface area contributed by atoms with Gasteiger partial charge in [-0.2, -0.15) is 0 Å². The Balaban J connectivity index is 1.38. The maximum absolute atomic E-state index is 13.5. The molecule has 0 radical (unpaired) electrons. The van der Waals surface area contributed by atoms with Crippen LogP contribution < -0.4 is 15.5 Å². The van der Waals surface area contributed by atoms with Gasteiger partial charge >= 0.3 is 6.03 Å². The number of carbonyl (C=O) groups is 1. The normalized spacial score (nSPS) is 16.0. The van der Waals surface area contributed by atoms with Crippen molar-refractivity contribution < 1.29 is 23.0 Å². The fourth-order valence-corrected chi connectivity index (χ4v) is 3.88. The van der Waals surface area contributed by atoms with Crippen LogP contribution in [0.5, 0.6) is 0 Å². The Morgan fingerprint density at radius 3 is 2.88 bits per heavy atom. The number of benzene rings is 1. The van der Waals surface area contributed by atoms with Gasteiger partial charge in [-0.1, -0.05) is 11.6 Å². The number of carbonyl (C=O) groups excluding carboxylic acids is 1. The van der Waals surface area contributed by atoms with E-state index >= 15 is 0 Å². The van der Waals surface area contributed by atoms with E-state index in [1.807, 2.05) is 4.90 Å². The highest BCUT2D eigenvalue weighted by Crippen LogP contribution is 2.30. The zero-order valence-electron chi connectivity index (χ0n) is 17.3. The summed E-state index contributed by atoms with van der Waals surface area (Å²) >= 11 is 6.40. The van der Waals surface area contributed by atoms with Crippen LogP contribution >= 0.6 is 11.6 Å². The molecule has 170 valence electrons. The lowest BCUT2D eigenvalue weighted by Gasteiger charge is -2.19. The number of hydrogen-bond donors (Lipinski definition) is 3. The van der Waals surface area contributed by atoms with Crippen LogP contribution in [0.1, 0.15) is 6.42 Å². The number of fused-ring (bicyclic) bond motifs is 1. The summed E-state index contributed by atoms with van der Waals surface area (Å²) in [5, 5.41) is 5.98. The van der Waals surface area contributed by atoms with Gasteiger partial charge in [0.2, 0.25) is 0 Å². The first-order valence-corrected chi connectivity index (χ1v) is 10.4. The van der Waals surface area contributed by atoms with Gasteiger partial charge in [-0.25, -0.2) is 18.6 Å². The second-order valence-corrected chi connectivity index (χ2v) is 7.75. The number of hydrogen-bond acceptors (Lipinski definition) is 5. The third-order valence-corrected chi connectivity index (χ3v) is 5.41. The predicted octanol–water partition coefficient (Wildman–Crippen LogP) is 4.38. The topological polar surface area (TPSA) is 91.5 Å². The molecule has 0 aliphatic carbocycles. The second kappa shape index (κ2) is 9.68. The van der Waals surface area contributed by atoms with Gasteiger partial charge in [-0.05, 0) is 18.6 Å². The third kappa shape index (κ3) is 4.93. The molecule has 2 amide bonds. The van der Waals surface area contributed by atoms with Crippen molar-refractivity contribution in [2.45, 2.75) is 12.5 Å². The number of urea groups is 1. The predicted molar refractivity (Wildman–Crippen MR) is 119 cm³/mol. The van der Waals surface area contributed by atoms with E-state index in [4.69, 9.17) is 21.1 Å². The van der Waals surface area contributed by atoms with Crippen molar-refractivity contribution in [1.29, 1.82) is 0 Å². The van der Waals surface area contributed by atoms with Crippen molar-refractivity contribution in [2.24, 2.45) is 0 Å². The summed E-state index contributed by atoms with van der Waals surface area (Å²) in [6, 6.07) is 3.08. The minimum Gasteiger partial charge on any atom is -0.382 e. The van der Waals surface area contributed by atoms with Gasteiger partial charge in [0, 0.05) is 37.8 Å². The van der Waals surface area contributed by atoms with Crippen LogP contribution in [0.3, 0.4) is 0 Å². The van der Waals surface area contributed by atoms with Crippen LogP contribution in [0.25, 0.3) is 10.9 Å². The molecule has 4 rings (SSSR count). The fraction of sp³-hybridized carbons (Fsp3) is 0.333. The minimum atomic E-state index is -1.000. The average Bonchev–Trinajstić information content (AvgIpc) is 3.36. The van der Waals surface area contributed by atoms with E-state index in [1.54, 1.807) is 13.2 Å². The molecular formula is C21H22ClF2N5O3. The Morgan fingerprint density at radius 2 is 2.09 bits per heavy atom. The molecule has 1 fully saturated rings. The molecule has 3 aromatic rings. The van der Waals surface area contributed by atoms with E-state index in [9.17, 15) is 13.6 Å². The Hall–Kier alpha value is -2.95. The Labute approximate surface area is 187 Å². The molecule has 1 atom stereocenters. The highest BCUT2D eigenvalue weighted by atomic mass is 35.5. The second-order valence-electron chi connectivity index (χ2n) is 7.34. The summed E-state index contributed by atoms with van der Waals surface area (Å²) in [5.74, 6) is -1.35. The maximum atomic E-state index is 13.5. The molecule has 1 aliphatic rings. The summed E-state index contributed by atoms with van der Waals surface area (Å²) in [4.78, 5) is 21.6. The zero-order valence-corrected chi connectivity index (χ0v) is 18.0. The number of ether oxygens (including phenoxy) is 2. The van der Waals surface area contributed by atoms with Crippen molar-refractivity contribution in [2.75, 3.05) is 48.9 Å². The van der Waals surface area contributed by atoms with Crippen molar-refractivity contribution in [3.63, 3.8) is 0 Å². The van der Waals surface area contributed by atoms with Crippen molar-refractivity contribution >= 4 is 45.7 Å². The number of aromatic nitrogens is 2. The van der Waals surface area contributed by atoms with Gasteiger partial charge in [-0.15, -0.1) is 0 Å². The van der Waals surface area contributed by atoms with Crippen LogP contribution in [0.4, 0.5) is 30.8 Å². The number of H-pyrrole nitrogens is 1. The SMILES string of the molecule is COCCO[C@@H]1CCN(c2ncc(NC(=O)Nc3c[nH]c4cc(F)c(F)cc34)cc2Cl)C1. The molecule has 0 unspecified atom stereocenters. The molecule has 0 bridgehead atoms. The van der Waals surface area contributed by atoms with E-state index in [0.717, 1.165) is 25.1 Å². The Bertz CT molecular complexity index is 1130. The molecule has 1 saturated heterocycles. The first-order valence-electron chi connectivity index (χ1n) is 9.99. The van der Waals surface area contributed by atoms with E-state index < -0.39 is 17.7 Å². The summed E-state index contributed by atoms with van der Waals surface area (Å²) in [6.45, 7) is 2.51. The number of pyridine rings is 1. The van der Waals surface area contributed by atoms with Crippen molar-refractivity contribution in [3.8, 4) is 0 Å². The van der Waals surface area contributed by atoms with Crippen molar-refractivity contribution in [3.05, 3.63) is 47.2 Å². The monoisotopic (exact) mass is 465 g/mol. The minimum absolute atomic E-state index is 0.0843. The van der Waals surface area contributed by atoms with Crippen LogP contribution in [0.15, 0.2) is 30.6 Å². The molecule has 2 aromatic heterocycles. The summed E-state index contributed by atoms with van der Waals surface area (Å²) in [6.07, 6.45) is 3.90. The molecular weight excluding hydrogens is 444 g/mol. The first kappa shape index (κ1) is 22.3. The smallest absolute Gasteiger partial charge is 0.323 e. The number of rotatable bonds is 7. The fourth-order valence-electron chi connectivity index (χ4n) is 3.59. The van der Waals surface area contributed by atoms with Gasteiger partial charge < -0.3 is 30.0 Å². The molecule has 32 heavy (non-hydrogen) atoms. The summed E-state index contributed by atoms with van der Waals surface area (Å²) in [7, 11) is 1.63. The molecule has 11 heteroatoms. The molecule has 1 aromatic carbocycles. The highest BCUT2D eigenvalue weighted by molar-refractivity contribution is 6.33. The standard InChI is InChI=1S/C21H22ClF2N5O3/c1-31-4-5-32-13-2-3-29(11-13)20-15(22)6-12(9-26-20)27-21(30)28-19-10-25-18-8-17(24)16(23)7-14(18)19/h6-10,13,25H,2-5,11H2,1H3,(H2,27,28,30)/t13-/m1/s1. The maximum Gasteiger partial charge on any atom is 0.323 e. The van der Waals surface area contributed by atoms with E-state index in [-0.39, 0.29) is 6.10 Å². The lowest BCUT2D eigenvalue weighted by molar-refractivity contribution is 0.0280. The van der Waals surface area contributed by atoms with Crippen LogP contribution in [0.2, 0.25) is 5.02 Å². The molecule has 3 N–H and O–H groups in total. The molecule has 1 aliphatic heterocycles. The van der Waals surface area contributed by atoms with Gasteiger partial charge in [-0.3, -0.25) is 0 Å². The number of halogens is 3. The first-order chi connectivity index (χ1) is 15.4. The highest BCUT2D eigenvalue weighted by Gasteiger charge is 2.25. The van der Waals surface area contributed by atoms with Crippen molar-refractivity contribution in [1.82, 2.24) is 9.97 Å². The van der Waals surface area contributed by atoms with E-state index in [0.29, 0.717) is 52.9 Å². The van der Waals surface area contributed by atoms with Gasteiger partial charge in [0.1, 0.15) is 5.82 Å². The number of nitrogens with zero attached hydrogens (tertiary/aromatic N) is 2. The van der Waals surface area contributed by atoms with Crippen LogP contribution in [-0.4, -0.2) is 55.5 Å². The molecule has 0 spiro atoms. The summed E-state index contributed by atoms with van der Waals surface area (Å²) < 4.78 is 37.6. The van der Waals surface area contributed by atoms with Crippen LogP contribution in [0, 0.1) is 11.6 Å². The number of nitrogens with one attached hydrogen (secondary N) is 3. The van der Waals surface area contributed by atoms with Crippen LogP contribution in [-0.2, 0) is 9.47 Å². The number of aromatic amines is 1. The molecule has 3 heterocycles. The Morgan fingerprint density at radius 1 is 1.28 bits per heavy atom. The van der Waals surface area contributed by atoms with E-state index in [2.05, 4.69) is 20.6 Å². The lowest BCUT2D eigenvalue weighted by atomic mass is 10.2.